The van der Waals surface area contributed by atoms with Gasteiger partial charge in [0.1, 0.15) is 6.10 Å². The van der Waals surface area contributed by atoms with Crippen LogP contribution in [0.1, 0.15) is 6.42 Å². The Bertz CT molecular complexity index is 374. The summed E-state index contributed by atoms with van der Waals surface area (Å²) in [5, 5.41) is 4.40. The molecule has 5 heteroatoms. The van der Waals surface area contributed by atoms with Gasteiger partial charge in [0, 0.05) is 19.6 Å². The highest BCUT2D eigenvalue weighted by atomic mass is 35.5. The molecule has 18 heavy (non-hydrogen) atoms. The summed E-state index contributed by atoms with van der Waals surface area (Å²) in [7, 11) is 1.67. The molecule has 0 amide bonds. The summed E-state index contributed by atoms with van der Waals surface area (Å²) in [6.07, 6.45) is 1.05. The molecular formula is C13H17Cl2NO2. The van der Waals surface area contributed by atoms with E-state index in [9.17, 15) is 0 Å². The van der Waals surface area contributed by atoms with Gasteiger partial charge >= 0.3 is 0 Å². The highest BCUT2D eigenvalue weighted by Crippen LogP contribution is 2.34. The molecule has 0 unspecified atom stereocenters. The van der Waals surface area contributed by atoms with E-state index in [1.54, 1.807) is 25.3 Å². The Hall–Kier alpha value is -0.480. The van der Waals surface area contributed by atoms with E-state index in [0.717, 1.165) is 19.5 Å². The van der Waals surface area contributed by atoms with E-state index in [4.69, 9.17) is 32.7 Å². The lowest BCUT2D eigenvalue weighted by Gasteiger charge is -2.24. The summed E-state index contributed by atoms with van der Waals surface area (Å²) in [5.74, 6) is 0.979. The summed E-state index contributed by atoms with van der Waals surface area (Å²) in [6.45, 7) is 2.49. The Balaban J connectivity index is 2.12. The van der Waals surface area contributed by atoms with Crippen LogP contribution in [-0.4, -0.2) is 32.9 Å². The van der Waals surface area contributed by atoms with Crippen molar-refractivity contribution in [3.8, 4) is 5.75 Å². The monoisotopic (exact) mass is 289 g/mol. The summed E-state index contributed by atoms with van der Waals surface area (Å²) in [4.78, 5) is 0. The molecule has 1 saturated heterocycles. The van der Waals surface area contributed by atoms with Crippen molar-refractivity contribution in [2.24, 2.45) is 5.92 Å². The number of ether oxygens (including phenoxy) is 2. The highest BCUT2D eigenvalue weighted by molar-refractivity contribution is 6.37. The molecule has 1 aromatic rings. The Kier molecular flexibility index (Phi) is 5.13. The number of methoxy groups -OCH3 is 1. The van der Waals surface area contributed by atoms with Gasteiger partial charge in [-0.1, -0.05) is 29.3 Å². The summed E-state index contributed by atoms with van der Waals surface area (Å²) in [6, 6.07) is 5.36. The van der Waals surface area contributed by atoms with Crippen molar-refractivity contribution in [3.63, 3.8) is 0 Å². The molecule has 1 aromatic carbocycles. The van der Waals surface area contributed by atoms with Gasteiger partial charge in [0.2, 0.25) is 0 Å². The summed E-state index contributed by atoms with van der Waals surface area (Å²) < 4.78 is 11.2. The first-order chi connectivity index (χ1) is 8.72. The smallest absolute Gasteiger partial charge is 0.157 e. The lowest BCUT2D eigenvalue weighted by Crippen LogP contribution is -2.33. The van der Waals surface area contributed by atoms with Gasteiger partial charge in [-0.05, 0) is 25.1 Å². The lowest BCUT2D eigenvalue weighted by atomic mass is 10.0. The predicted octanol–water partition coefficient (Wildman–Crippen LogP) is 3.00. The number of para-hydroxylation sites is 1. The molecule has 1 heterocycles. The molecule has 0 saturated carbocycles. The minimum absolute atomic E-state index is 0.0256. The van der Waals surface area contributed by atoms with E-state index in [2.05, 4.69) is 5.32 Å². The summed E-state index contributed by atoms with van der Waals surface area (Å²) in [5.41, 5.74) is 0. The van der Waals surface area contributed by atoms with E-state index in [-0.39, 0.29) is 6.10 Å². The first-order valence-electron chi connectivity index (χ1n) is 6.02. The number of hydrogen-bond donors (Lipinski definition) is 1. The van der Waals surface area contributed by atoms with Gasteiger partial charge in [-0.2, -0.15) is 0 Å². The van der Waals surface area contributed by atoms with Gasteiger partial charge in [-0.25, -0.2) is 0 Å². The van der Waals surface area contributed by atoms with E-state index < -0.39 is 0 Å². The van der Waals surface area contributed by atoms with Crippen molar-refractivity contribution in [2.45, 2.75) is 12.5 Å². The minimum Gasteiger partial charge on any atom is -0.485 e. The van der Waals surface area contributed by atoms with Crippen LogP contribution in [0.4, 0.5) is 0 Å². The second-order valence-electron chi connectivity index (χ2n) is 4.42. The number of halogens is 2. The molecule has 1 N–H and O–H groups in total. The molecule has 0 radical (unpaired) electrons. The largest absolute Gasteiger partial charge is 0.485 e. The van der Waals surface area contributed by atoms with Crippen LogP contribution < -0.4 is 10.1 Å². The van der Waals surface area contributed by atoms with E-state index in [1.807, 2.05) is 0 Å². The average molecular weight is 290 g/mol. The van der Waals surface area contributed by atoms with Crippen LogP contribution in [0.15, 0.2) is 18.2 Å². The second-order valence-corrected chi connectivity index (χ2v) is 5.23. The maximum Gasteiger partial charge on any atom is 0.157 e. The Labute approximate surface area is 117 Å². The number of benzene rings is 1. The molecule has 1 aliphatic rings. The molecule has 100 valence electrons. The lowest BCUT2D eigenvalue weighted by molar-refractivity contribution is 0.0484. The molecule has 0 aromatic heterocycles. The van der Waals surface area contributed by atoms with Gasteiger partial charge in [-0.15, -0.1) is 0 Å². The fourth-order valence-corrected chi connectivity index (χ4v) is 2.66. The second kappa shape index (κ2) is 6.62. The van der Waals surface area contributed by atoms with E-state index in [0.29, 0.717) is 28.3 Å². The highest BCUT2D eigenvalue weighted by Gasteiger charge is 2.27. The quantitative estimate of drug-likeness (QED) is 0.904. The molecular weight excluding hydrogens is 273 g/mol. The predicted molar refractivity (Wildman–Crippen MR) is 73.7 cm³/mol. The molecule has 1 aliphatic heterocycles. The first kappa shape index (κ1) is 13.9. The first-order valence-corrected chi connectivity index (χ1v) is 6.78. The number of rotatable bonds is 5. The maximum atomic E-state index is 6.11. The molecule has 2 atom stereocenters. The van der Waals surface area contributed by atoms with Crippen molar-refractivity contribution < 1.29 is 9.47 Å². The van der Waals surface area contributed by atoms with Crippen LogP contribution in [0.2, 0.25) is 10.0 Å². The van der Waals surface area contributed by atoms with Gasteiger partial charge in [0.05, 0.1) is 16.7 Å². The number of nitrogens with one attached hydrogen (secondary N) is 1. The molecule has 0 spiro atoms. The zero-order valence-corrected chi connectivity index (χ0v) is 11.8. The van der Waals surface area contributed by atoms with Crippen molar-refractivity contribution in [2.75, 3.05) is 26.8 Å². The van der Waals surface area contributed by atoms with Gasteiger partial charge in [0.25, 0.3) is 0 Å². The third kappa shape index (κ3) is 3.29. The zero-order chi connectivity index (χ0) is 13.0. The average Bonchev–Trinajstić information content (AvgIpc) is 2.86. The number of hydrogen-bond acceptors (Lipinski definition) is 3. The zero-order valence-electron chi connectivity index (χ0n) is 10.3. The fourth-order valence-electron chi connectivity index (χ4n) is 2.17. The van der Waals surface area contributed by atoms with Crippen molar-refractivity contribution in [1.82, 2.24) is 5.32 Å². The van der Waals surface area contributed by atoms with E-state index >= 15 is 0 Å². The van der Waals surface area contributed by atoms with Crippen LogP contribution in [0.5, 0.6) is 5.75 Å². The van der Waals surface area contributed by atoms with Crippen molar-refractivity contribution in [1.29, 1.82) is 0 Å². The van der Waals surface area contributed by atoms with Crippen LogP contribution in [0.3, 0.4) is 0 Å². The van der Waals surface area contributed by atoms with Crippen LogP contribution in [0, 0.1) is 5.92 Å². The standard InChI is InChI=1S/C13H17Cl2NO2/c1-17-8-12(9-5-6-16-7-9)18-13-10(14)3-2-4-11(13)15/h2-4,9,12,16H,5-8H2,1H3/t9-,12-/m0/s1. The third-order valence-corrected chi connectivity index (χ3v) is 3.74. The SMILES string of the molecule is COC[C@H](Oc1c(Cl)cccc1Cl)[C@H]1CCNC1. The van der Waals surface area contributed by atoms with Crippen molar-refractivity contribution >= 4 is 23.2 Å². The Morgan fingerprint density at radius 2 is 2.11 bits per heavy atom. The molecule has 0 aliphatic carbocycles. The summed E-state index contributed by atoms with van der Waals surface area (Å²) >= 11 is 12.2. The Morgan fingerprint density at radius 1 is 1.39 bits per heavy atom. The van der Waals surface area contributed by atoms with Gasteiger partial charge in [-0.3, -0.25) is 0 Å². The van der Waals surface area contributed by atoms with Crippen LogP contribution in [-0.2, 0) is 4.74 Å². The maximum absolute atomic E-state index is 6.11. The molecule has 3 nitrogen and oxygen atoms in total. The minimum atomic E-state index is -0.0256. The topological polar surface area (TPSA) is 30.5 Å². The third-order valence-electron chi connectivity index (χ3n) is 3.14. The fraction of sp³-hybridized carbons (Fsp3) is 0.538. The van der Waals surface area contributed by atoms with Crippen molar-refractivity contribution in [3.05, 3.63) is 28.2 Å². The van der Waals surface area contributed by atoms with Crippen LogP contribution in [0.25, 0.3) is 0 Å². The van der Waals surface area contributed by atoms with Crippen LogP contribution >= 0.6 is 23.2 Å². The molecule has 1 fully saturated rings. The normalized spacial score (nSPS) is 20.9. The Morgan fingerprint density at radius 3 is 2.67 bits per heavy atom. The van der Waals surface area contributed by atoms with E-state index in [1.165, 1.54) is 0 Å². The molecule has 0 bridgehead atoms. The van der Waals surface area contributed by atoms with Gasteiger partial charge < -0.3 is 14.8 Å². The van der Waals surface area contributed by atoms with Gasteiger partial charge in [0.15, 0.2) is 5.75 Å². The molecule has 2 rings (SSSR count).